The number of para-hydroxylation sites is 2. The Bertz CT molecular complexity index is 896. The number of aryl methyl sites for hydroxylation is 1. The lowest BCUT2D eigenvalue weighted by Crippen LogP contribution is -2.23. The first kappa shape index (κ1) is 14.3. The topological polar surface area (TPSA) is 55.6 Å². The highest BCUT2D eigenvalue weighted by Crippen LogP contribution is 2.17. The molecule has 0 aliphatic heterocycles. The van der Waals surface area contributed by atoms with Gasteiger partial charge in [-0.25, -0.2) is 5.43 Å². The van der Waals surface area contributed by atoms with Gasteiger partial charge < -0.3 is 9.30 Å². The van der Waals surface area contributed by atoms with Crippen molar-refractivity contribution in [1.82, 2.24) is 9.99 Å². The molecule has 0 aliphatic rings. The van der Waals surface area contributed by atoms with Crippen molar-refractivity contribution in [3.63, 3.8) is 0 Å². The number of fused-ring (bicyclic) bond motifs is 1. The summed E-state index contributed by atoms with van der Waals surface area (Å²) in [5, 5.41) is 4.22. The van der Waals surface area contributed by atoms with Crippen LogP contribution in [0.1, 0.15) is 10.4 Å². The Morgan fingerprint density at radius 1 is 1.18 bits per heavy atom. The Balaban J connectivity index is 1.92. The number of rotatable bonds is 3. The van der Waals surface area contributed by atoms with E-state index in [1.807, 2.05) is 41.9 Å². The summed E-state index contributed by atoms with van der Waals surface area (Å²) in [5.74, 6) is 0.228. The van der Waals surface area contributed by atoms with Crippen LogP contribution < -0.4 is 15.0 Å². The van der Waals surface area contributed by atoms with Crippen LogP contribution in [0.5, 0.6) is 5.75 Å². The fourth-order valence-electron chi connectivity index (χ4n) is 2.18. The van der Waals surface area contributed by atoms with Gasteiger partial charge in [-0.3, -0.25) is 4.79 Å². The van der Waals surface area contributed by atoms with Crippen molar-refractivity contribution < 1.29 is 9.53 Å². The number of thiazole rings is 1. The van der Waals surface area contributed by atoms with E-state index in [0.717, 1.165) is 15.0 Å². The van der Waals surface area contributed by atoms with Gasteiger partial charge in [0.1, 0.15) is 5.75 Å². The van der Waals surface area contributed by atoms with Gasteiger partial charge in [-0.1, -0.05) is 35.6 Å². The van der Waals surface area contributed by atoms with E-state index in [4.69, 9.17) is 4.74 Å². The number of hydrogen-bond acceptors (Lipinski definition) is 4. The molecule has 0 spiro atoms. The zero-order chi connectivity index (χ0) is 15.5. The van der Waals surface area contributed by atoms with Gasteiger partial charge in [0, 0.05) is 7.05 Å². The van der Waals surface area contributed by atoms with Crippen LogP contribution in [0.2, 0.25) is 0 Å². The number of benzene rings is 2. The predicted molar refractivity (Wildman–Crippen MR) is 86.8 cm³/mol. The highest BCUT2D eigenvalue weighted by molar-refractivity contribution is 7.16. The third-order valence-electron chi connectivity index (χ3n) is 3.32. The molecule has 5 nitrogen and oxygen atoms in total. The van der Waals surface area contributed by atoms with Gasteiger partial charge in [0.15, 0.2) is 0 Å². The van der Waals surface area contributed by atoms with Gasteiger partial charge in [-0.2, -0.15) is 0 Å². The molecule has 0 aliphatic carbocycles. The predicted octanol–water partition coefficient (Wildman–Crippen LogP) is 2.49. The van der Waals surface area contributed by atoms with Crippen LogP contribution in [0.15, 0.2) is 53.6 Å². The summed E-state index contributed by atoms with van der Waals surface area (Å²) in [4.78, 5) is 13.0. The maximum absolute atomic E-state index is 12.2. The van der Waals surface area contributed by atoms with E-state index in [2.05, 4.69) is 10.5 Å². The summed E-state index contributed by atoms with van der Waals surface area (Å²) in [6, 6.07) is 15.1. The molecule has 3 rings (SSSR count). The second kappa shape index (κ2) is 6.03. The number of nitrogens with zero attached hydrogens (tertiary/aromatic N) is 2. The average molecular weight is 313 g/mol. The van der Waals surface area contributed by atoms with Gasteiger partial charge >= 0.3 is 0 Å². The fourth-order valence-corrected chi connectivity index (χ4v) is 3.16. The average Bonchev–Trinajstić information content (AvgIpc) is 2.89. The van der Waals surface area contributed by atoms with Gasteiger partial charge in [0.25, 0.3) is 5.91 Å². The van der Waals surface area contributed by atoms with Gasteiger partial charge in [0.2, 0.25) is 4.80 Å². The maximum Gasteiger partial charge on any atom is 0.275 e. The minimum Gasteiger partial charge on any atom is -0.496 e. The van der Waals surface area contributed by atoms with Crippen molar-refractivity contribution in [1.29, 1.82) is 0 Å². The van der Waals surface area contributed by atoms with Crippen LogP contribution in [0, 0.1) is 0 Å². The van der Waals surface area contributed by atoms with E-state index in [1.54, 1.807) is 18.2 Å². The molecule has 1 heterocycles. The van der Waals surface area contributed by atoms with Crippen LogP contribution in [-0.2, 0) is 7.05 Å². The number of carbonyl (C=O) groups is 1. The molecule has 3 aromatic rings. The molecule has 1 amide bonds. The molecule has 0 unspecified atom stereocenters. The normalized spacial score (nSPS) is 11.6. The standard InChI is InChI=1S/C16H15N3O2S/c1-19-12-8-4-6-10-14(12)22-16(19)18-17-15(20)11-7-3-5-9-13(11)21-2/h3-10H,1-2H3,(H,17,20)/b18-16-. The monoisotopic (exact) mass is 313 g/mol. The Labute approximate surface area is 131 Å². The molecule has 0 radical (unpaired) electrons. The summed E-state index contributed by atoms with van der Waals surface area (Å²) >= 11 is 1.52. The molecule has 0 saturated heterocycles. The number of amides is 1. The molecule has 0 atom stereocenters. The van der Waals surface area contributed by atoms with Crippen LogP contribution in [0.25, 0.3) is 10.2 Å². The van der Waals surface area contributed by atoms with Crippen LogP contribution >= 0.6 is 11.3 Å². The second-order valence-corrected chi connectivity index (χ2v) is 5.67. The highest BCUT2D eigenvalue weighted by atomic mass is 32.1. The van der Waals surface area contributed by atoms with Crippen molar-refractivity contribution in [2.75, 3.05) is 7.11 Å². The number of hydrogen-bond donors (Lipinski definition) is 1. The largest absolute Gasteiger partial charge is 0.496 e. The summed E-state index contributed by atoms with van der Waals surface area (Å²) in [6.07, 6.45) is 0. The smallest absolute Gasteiger partial charge is 0.275 e. The Hall–Kier alpha value is -2.60. The molecular formula is C16H15N3O2S. The van der Waals surface area contributed by atoms with Crippen molar-refractivity contribution in [2.45, 2.75) is 0 Å². The van der Waals surface area contributed by atoms with E-state index in [0.29, 0.717) is 11.3 Å². The molecule has 0 saturated carbocycles. The van der Waals surface area contributed by atoms with Crippen molar-refractivity contribution in [3.05, 3.63) is 58.9 Å². The van der Waals surface area contributed by atoms with E-state index < -0.39 is 0 Å². The summed E-state index contributed by atoms with van der Waals surface area (Å²) in [6.45, 7) is 0. The summed E-state index contributed by atoms with van der Waals surface area (Å²) in [7, 11) is 3.46. The molecule has 6 heteroatoms. The number of aromatic nitrogens is 1. The summed E-state index contributed by atoms with van der Waals surface area (Å²) < 4.78 is 8.25. The number of methoxy groups -OCH3 is 1. The van der Waals surface area contributed by atoms with Crippen molar-refractivity contribution in [2.24, 2.45) is 12.1 Å². The molecule has 22 heavy (non-hydrogen) atoms. The van der Waals surface area contributed by atoms with Gasteiger partial charge in [-0.05, 0) is 24.3 Å². The Morgan fingerprint density at radius 2 is 1.91 bits per heavy atom. The molecule has 1 N–H and O–H groups in total. The first-order chi connectivity index (χ1) is 10.7. The molecular weight excluding hydrogens is 298 g/mol. The number of ether oxygens (including phenoxy) is 1. The zero-order valence-electron chi connectivity index (χ0n) is 12.2. The van der Waals surface area contributed by atoms with Gasteiger partial charge in [-0.15, -0.1) is 5.10 Å². The number of carbonyl (C=O) groups excluding carboxylic acids is 1. The first-order valence-electron chi connectivity index (χ1n) is 6.72. The minimum absolute atomic E-state index is 0.296. The van der Waals surface area contributed by atoms with Crippen LogP contribution in [-0.4, -0.2) is 17.6 Å². The van der Waals surface area contributed by atoms with E-state index in [1.165, 1.54) is 18.4 Å². The maximum atomic E-state index is 12.2. The quantitative estimate of drug-likeness (QED) is 0.755. The van der Waals surface area contributed by atoms with Crippen molar-refractivity contribution >= 4 is 27.5 Å². The fraction of sp³-hybridized carbons (Fsp3) is 0.125. The van der Waals surface area contributed by atoms with Crippen molar-refractivity contribution in [3.8, 4) is 5.75 Å². The highest BCUT2D eigenvalue weighted by Gasteiger charge is 2.10. The number of nitrogens with one attached hydrogen (secondary N) is 1. The third kappa shape index (κ3) is 2.60. The Morgan fingerprint density at radius 3 is 2.68 bits per heavy atom. The van der Waals surface area contributed by atoms with Crippen LogP contribution in [0.4, 0.5) is 0 Å². The van der Waals surface area contributed by atoms with E-state index >= 15 is 0 Å². The molecule has 0 fully saturated rings. The third-order valence-corrected chi connectivity index (χ3v) is 4.43. The van der Waals surface area contributed by atoms with Gasteiger partial charge in [0.05, 0.1) is 22.9 Å². The zero-order valence-corrected chi connectivity index (χ0v) is 13.1. The van der Waals surface area contributed by atoms with E-state index in [-0.39, 0.29) is 5.91 Å². The van der Waals surface area contributed by atoms with Crippen LogP contribution in [0.3, 0.4) is 0 Å². The second-order valence-electron chi connectivity index (χ2n) is 4.66. The minimum atomic E-state index is -0.296. The SMILES string of the molecule is COc1ccccc1C(=O)N/N=c1\sc2ccccc2n1C. The lowest BCUT2D eigenvalue weighted by Gasteiger charge is -2.05. The lowest BCUT2D eigenvalue weighted by molar-refractivity contribution is 0.0950. The molecule has 112 valence electrons. The van der Waals surface area contributed by atoms with E-state index in [9.17, 15) is 4.79 Å². The molecule has 2 aromatic carbocycles. The lowest BCUT2D eigenvalue weighted by atomic mass is 10.2. The Kier molecular flexibility index (Phi) is 3.93. The first-order valence-corrected chi connectivity index (χ1v) is 7.54. The molecule has 1 aromatic heterocycles. The molecule has 0 bridgehead atoms. The summed E-state index contributed by atoms with van der Waals surface area (Å²) in [5.41, 5.74) is 4.12.